The number of aromatic amines is 1. The number of nitrogens with one attached hydrogen (secondary N) is 2. The quantitative estimate of drug-likeness (QED) is 0.702. The number of hydrogen-bond donors (Lipinski definition) is 2. The molecular formula is C14H12ClN5O2. The zero-order valence-electron chi connectivity index (χ0n) is 11.4. The molecule has 3 aromatic rings. The van der Waals surface area contributed by atoms with Crippen LogP contribution >= 0.6 is 11.6 Å². The first-order chi connectivity index (χ1) is 10.7. The standard InChI is InChI=1S/C14H12ClN5O2/c15-11-5-1-3-9(17-11)14(21)16-7-6-12-18-13(20-19-12)10-4-2-8-22-10/h1-5,8H,6-7H2,(H,16,21)(H,18,19,20). The highest BCUT2D eigenvalue weighted by Crippen LogP contribution is 2.14. The summed E-state index contributed by atoms with van der Waals surface area (Å²) in [6, 6.07) is 8.44. The number of carbonyl (C=O) groups excluding carboxylic acids is 1. The molecule has 3 heterocycles. The Hall–Kier alpha value is -2.67. The summed E-state index contributed by atoms with van der Waals surface area (Å²) in [5.41, 5.74) is 0.279. The van der Waals surface area contributed by atoms with Gasteiger partial charge in [-0.05, 0) is 24.3 Å². The van der Waals surface area contributed by atoms with Crippen molar-refractivity contribution >= 4 is 17.5 Å². The molecule has 0 aliphatic heterocycles. The van der Waals surface area contributed by atoms with Crippen molar-refractivity contribution in [2.24, 2.45) is 0 Å². The molecule has 0 saturated carbocycles. The molecular weight excluding hydrogens is 306 g/mol. The molecule has 0 radical (unpaired) electrons. The summed E-state index contributed by atoms with van der Waals surface area (Å²) in [6.07, 6.45) is 2.07. The Balaban J connectivity index is 1.54. The van der Waals surface area contributed by atoms with Gasteiger partial charge in [0.05, 0.1) is 6.26 Å². The summed E-state index contributed by atoms with van der Waals surface area (Å²) in [4.78, 5) is 20.1. The van der Waals surface area contributed by atoms with E-state index in [1.165, 1.54) is 0 Å². The van der Waals surface area contributed by atoms with Crippen LogP contribution < -0.4 is 5.32 Å². The largest absolute Gasteiger partial charge is 0.461 e. The van der Waals surface area contributed by atoms with Gasteiger partial charge in [-0.15, -0.1) is 0 Å². The normalized spacial score (nSPS) is 10.6. The van der Waals surface area contributed by atoms with Crippen LogP contribution in [0, 0.1) is 0 Å². The highest BCUT2D eigenvalue weighted by atomic mass is 35.5. The SMILES string of the molecule is O=C(NCCc1nc(-c2ccco2)n[nH]1)c1cccc(Cl)n1. The minimum Gasteiger partial charge on any atom is -0.461 e. The summed E-state index contributed by atoms with van der Waals surface area (Å²) in [5, 5.41) is 9.89. The fraction of sp³-hybridized carbons (Fsp3) is 0.143. The molecule has 1 amide bonds. The average molecular weight is 318 g/mol. The molecule has 0 atom stereocenters. The van der Waals surface area contributed by atoms with E-state index in [0.29, 0.717) is 30.4 Å². The highest BCUT2D eigenvalue weighted by molar-refractivity contribution is 6.29. The van der Waals surface area contributed by atoms with Crippen LogP contribution in [0.4, 0.5) is 0 Å². The Morgan fingerprint density at radius 1 is 1.27 bits per heavy atom. The van der Waals surface area contributed by atoms with Crippen LogP contribution in [-0.2, 0) is 6.42 Å². The van der Waals surface area contributed by atoms with E-state index in [4.69, 9.17) is 16.0 Å². The lowest BCUT2D eigenvalue weighted by atomic mass is 10.3. The van der Waals surface area contributed by atoms with Crippen molar-refractivity contribution in [1.29, 1.82) is 0 Å². The van der Waals surface area contributed by atoms with Gasteiger partial charge in [-0.2, -0.15) is 5.10 Å². The van der Waals surface area contributed by atoms with Gasteiger partial charge < -0.3 is 9.73 Å². The molecule has 0 bridgehead atoms. The van der Waals surface area contributed by atoms with Gasteiger partial charge in [0, 0.05) is 13.0 Å². The predicted octanol–water partition coefficient (Wildman–Crippen LogP) is 2.09. The van der Waals surface area contributed by atoms with E-state index in [1.54, 1.807) is 36.6 Å². The molecule has 0 fully saturated rings. The highest BCUT2D eigenvalue weighted by Gasteiger charge is 2.10. The van der Waals surface area contributed by atoms with Crippen molar-refractivity contribution in [1.82, 2.24) is 25.5 Å². The maximum Gasteiger partial charge on any atom is 0.269 e. The molecule has 0 aliphatic carbocycles. The van der Waals surface area contributed by atoms with Gasteiger partial charge in [-0.25, -0.2) is 9.97 Å². The van der Waals surface area contributed by atoms with Crippen molar-refractivity contribution in [3.05, 3.63) is 53.3 Å². The van der Waals surface area contributed by atoms with E-state index in [-0.39, 0.29) is 16.8 Å². The number of rotatable bonds is 5. The first-order valence-corrected chi connectivity index (χ1v) is 6.96. The summed E-state index contributed by atoms with van der Waals surface area (Å²) < 4.78 is 5.21. The average Bonchev–Trinajstić information content (AvgIpc) is 3.18. The van der Waals surface area contributed by atoms with Crippen LogP contribution in [-0.4, -0.2) is 32.6 Å². The van der Waals surface area contributed by atoms with E-state index in [2.05, 4.69) is 25.5 Å². The maximum atomic E-state index is 11.9. The second-order valence-electron chi connectivity index (χ2n) is 4.43. The number of H-pyrrole nitrogens is 1. The van der Waals surface area contributed by atoms with Gasteiger partial charge in [0.25, 0.3) is 5.91 Å². The third-order valence-electron chi connectivity index (χ3n) is 2.87. The van der Waals surface area contributed by atoms with E-state index < -0.39 is 0 Å². The molecule has 22 heavy (non-hydrogen) atoms. The third kappa shape index (κ3) is 3.32. The van der Waals surface area contributed by atoms with E-state index in [0.717, 1.165) is 0 Å². The zero-order chi connectivity index (χ0) is 15.4. The molecule has 0 unspecified atom stereocenters. The molecule has 0 spiro atoms. The van der Waals surface area contributed by atoms with Crippen molar-refractivity contribution in [2.75, 3.05) is 6.54 Å². The van der Waals surface area contributed by atoms with Crippen LogP contribution in [0.25, 0.3) is 11.6 Å². The Morgan fingerprint density at radius 2 is 2.18 bits per heavy atom. The lowest BCUT2D eigenvalue weighted by molar-refractivity contribution is 0.0949. The monoisotopic (exact) mass is 317 g/mol. The van der Waals surface area contributed by atoms with Crippen LogP contribution in [0.15, 0.2) is 41.0 Å². The van der Waals surface area contributed by atoms with Crippen molar-refractivity contribution < 1.29 is 9.21 Å². The summed E-state index contributed by atoms with van der Waals surface area (Å²) >= 11 is 5.75. The number of pyridine rings is 1. The summed E-state index contributed by atoms with van der Waals surface area (Å²) in [7, 11) is 0. The van der Waals surface area contributed by atoms with E-state index in [1.807, 2.05) is 0 Å². The molecule has 0 aliphatic rings. The maximum absolute atomic E-state index is 11.9. The van der Waals surface area contributed by atoms with Crippen molar-refractivity contribution in [2.45, 2.75) is 6.42 Å². The van der Waals surface area contributed by atoms with Crippen LogP contribution in [0.5, 0.6) is 0 Å². The number of amides is 1. The summed E-state index contributed by atoms with van der Waals surface area (Å²) in [5.74, 6) is 1.46. The van der Waals surface area contributed by atoms with Crippen LogP contribution in [0.3, 0.4) is 0 Å². The first-order valence-electron chi connectivity index (χ1n) is 6.58. The minimum absolute atomic E-state index is 0.279. The lowest BCUT2D eigenvalue weighted by Crippen LogP contribution is -2.26. The van der Waals surface area contributed by atoms with Crippen LogP contribution in [0.1, 0.15) is 16.3 Å². The molecule has 3 aromatic heterocycles. The molecule has 8 heteroatoms. The smallest absolute Gasteiger partial charge is 0.269 e. The second-order valence-corrected chi connectivity index (χ2v) is 4.82. The molecule has 3 rings (SSSR count). The van der Waals surface area contributed by atoms with Gasteiger partial charge in [0.2, 0.25) is 5.82 Å². The predicted molar refractivity (Wildman–Crippen MR) is 79.4 cm³/mol. The number of hydrogen-bond acceptors (Lipinski definition) is 5. The number of nitrogens with zero attached hydrogens (tertiary/aromatic N) is 3. The Morgan fingerprint density at radius 3 is 2.95 bits per heavy atom. The van der Waals surface area contributed by atoms with Crippen LogP contribution in [0.2, 0.25) is 5.15 Å². The molecule has 7 nitrogen and oxygen atoms in total. The van der Waals surface area contributed by atoms with Crippen molar-refractivity contribution in [3.8, 4) is 11.6 Å². The van der Waals surface area contributed by atoms with Gasteiger partial charge >= 0.3 is 0 Å². The number of carbonyl (C=O) groups is 1. The fourth-order valence-electron chi connectivity index (χ4n) is 1.84. The van der Waals surface area contributed by atoms with E-state index >= 15 is 0 Å². The Kier molecular flexibility index (Phi) is 4.15. The minimum atomic E-state index is -0.284. The fourth-order valence-corrected chi connectivity index (χ4v) is 2.01. The van der Waals surface area contributed by atoms with Gasteiger partial charge in [-0.3, -0.25) is 9.89 Å². The second kappa shape index (κ2) is 6.40. The summed E-state index contributed by atoms with van der Waals surface area (Å²) in [6.45, 7) is 0.403. The van der Waals surface area contributed by atoms with Gasteiger partial charge in [0.1, 0.15) is 16.7 Å². The molecule has 2 N–H and O–H groups in total. The Labute approximate surface area is 130 Å². The van der Waals surface area contributed by atoms with Crippen molar-refractivity contribution in [3.63, 3.8) is 0 Å². The van der Waals surface area contributed by atoms with Gasteiger partial charge in [-0.1, -0.05) is 17.7 Å². The zero-order valence-corrected chi connectivity index (χ0v) is 12.2. The van der Waals surface area contributed by atoms with E-state index in [9.17, 15) is 4.79 Å². The molecule has 0 saturated heterocycles. The topological polar surface area (TPSA) is 96.7 Å². The Bertz CT molecular complexity index is 769. The number of aromatic nitrogens is 4. The molecule has 112 valence electrons. The van der Waals surface area contributed by atoms with Gasteiger partial charge in [0.15, 0.2) is 5.76 Å². The third-order valence-corrected chi connectivity index (χ3v) is 3.08. The molecule has 0 aromatic carbocycles. The first kappa shape index (κ1) is 14.3. The number of halogens is 1. The number of furan rings is 1. The lowest BCUT2D eigenvalue weighted by Gasteiger charge is -2.03.